The first-order chi connectivity index (χ1) is 12.8. The number of nitrogens with zero attached hydrogens (tertiary/aromatic N) is 4. The van der Waals surface area contributed by atoms with E-state index in [1.807, 2.05) is 18.5 Å². The minimum Gasteiger partial charge on any atom is -0.342 e. The molecule has 0 radical (unpaired) electrons. The summed E-state index contributed by atoms with van der Waals surface area (Å²) in [4.78, 5) is 24.2. The zero-order valence-corrected chi connectivity index (χ0v) is 15.6. The molecule has 138 valence electrons. The lowest BCUT2D eigenvalue weighted by atomic mass is 9.93. The monoisotopic (exact) mass is 352 g/mol. The quantitative estimate of drug-likeness (QED) is 0.842. The molecule has 5 heteroatoms. The third-order valence-electron chi connectivity index (χ3n) is 5.89. The summed E-state index contributed by atoms with van der Waals surface area (Å²) >= 11 is 0. The van der Waals surface area contributed by atoms with E-state index < -0.39 is 0 Å². The molecule has 2 aliphatic rings. The van der Waals surface area contributed by atoms with Crippen molar-refractivity contribution < 1.29 is 4.79 Å². The summed E-state index contributed by atoms with van der Waals surface area (Å²) < 4.78 is 2.06. The smallest absolute Gasteiger partial charge is 0.225 e. The van der Waals surface area contributed by atoms with Crippen LogP contribution in [0.25, 0.3) is 5.82 Å². The van der Waals surface area contributed by atoms with Gasteiger partial charge in [-0.25, -0.2) is 9.97 Å². The van der Waals surface area contributed by atoms with Crippen molar-refractivity contribution in [3.63, 3.8) is 0 Å². The molecule has 3 heterocycles. The van der Waals surface area contributed by atoms with Gasteiger partial charge in [0, 0.05) is 49.4 Å². The van der Waals surface area contributed by atoms with Crippen LogP contribution in [0.2, 0.25) is 0 Å². The van der Waals surface area contributed by atoms with E-state index in [2.05, 4.69) is 33.5 Å². The number of likely N-dealkylation sites (tertiary alicyclic amines) is 1. The highest BCUT2D eigenvalue weighted by Gasteiger charge is 2.31. The van der Waals surface area contributed by atoms with Crippen LogP contribution >= 0.6 is 0 Å². The molecule has 0 spiro atoms. The molecule has 5 nitrogen and oxygen atoms in total. The topological polar surface area (TPSA) is 51.0 Å². The van der Waals surface area contributed by atoms with Gasteiger partial charge in [0.25, 0.3) is 0 Å². The van der Waals surface area contributed by atoms with E-state index in [0.29, 0.717) is 11.8 Å². The molecule has 2 fully saturated rings. The Balaban J connectivity index is 1.52. The van der Waals surface area contributed by atoms with Crippen molar-refractivity contribution in [1.82, 2.24) is 19.4 Å². The predicted octanol–water partition coefficient (Wildman–Crippen LogP) is 3.73. The number of rotatable bonds is 4. The van der Waals surface area contributed by atoms with Crippen molar-refractivity contribution in [2.45, 2.75) is 57.8 Å². The SMILES string of the molecule is CCc1nccn1-c1cccc([C@@H]2CCCN(C(=O)C3CCCC3)C2)n1. The first-order valence-electron chi connectivity index (χ1n) is 10.0. The molecule has 0 N–H and O–H groups in total. The van der Waals surface area contributed by atoms with Gasteiger partial charge in [-0.2, -0.15) is 0 Å². The fourth-order valence-corrected chi connectivity index (χ4v) is 4.46. The maximum absolute atomic E-state index is 12.8. The van der Waals surface area contributed by atoms with Crippen LogP contribution < -0.4 is 0 Å². The van der Waals surface area contributed by atoms with E-state index in [1.165, 1.54) is 12.8 Å². The zero-order chi connectivity index (χ0) is 17.9. The van der Waals surface area contributed by atoms with Gasteiger partial charge in [0.2, 0.25) is 5.91 Å². The molecule has 1 aliphatic heterocycles. The van der Waals surface area contributed by atoms with Crippen molar-refractivity contribution in [3.8, 4) is 5.82 Å². The standard InChI is InChI=1S/C21H28N4O/c1-2-19-22-12-14-25(19)20-11-5-10-18(23-20)17-9-6-13-24(15-17)21(26)16-7-3-4-8-16/h5,10-12,14,16-17H,2-4,6-9,13,15H2,1H3/t17-/m1/s1. The second-order valence-electron chi connectivity index (χ2n) is 7.59. The number of carbonyl (C=O) groups excluding carboxylic acids is 1. The Hall–Kier alpha value is -2.17. The van der Waals surface area contributed by atoms with E-state index >= 15 is 0 Å². The van der Waals surface area contributed by atoms with Crippen molar-refractivity contribution >= 4 is 5.91 Å². The van der Waals surface area contributed by atoms with Crippen molar-refractivity contribution in [2.24, 2.45) is 5.92 Å². The molecule has 1 saturated carbocycles. The van der Waals surface area contributed by atoms with Crippen molar-refractivity contribution in [1.29, 1.82) is 0 Å². The Labute approximate surface area is 155 Å². The van der Waals surface area contributed by atoms with E-state index in [0.717, 1.165) is 62.5 Å². The summed E-state index contributed by atoms with van der Waals surface area (Å²) in [7, 11) is 0. The second-order valence-corrected chi connectivity index (χ2v) is 7.59. The number of pyridine rings is 1. The molecule has 1 saturated heterocycles. The minimum absolute atomic E-state index is 0.270. The van der Waals surface area contributed by atoms with Crippen LogP contribution in [0.15, 0.2) is 30.6 Å². The van der Waals surface area contributed by atoms with Gasteiger partial charge < -0.3 is 4.90 Å². The Bertz CT molecular complexity index is 763. The Kier molecular flexibility index (Phi) is 5.05. The molecule has 2 aromatic rings. The van der Waals surface area contributed by atoms with Gasteiger partial charge in [-0.05, 0) is 37.8 Å². The predicted molar refractivity (Wildman–Crippen MR) is 101 cm³/mol. The minimum atomic E-state index is 0.270. The van der Waals surface area contributed by atoms with Gasteiger partial charge >= 0.3 is 0 Å². The zero-order valence-electron chi connectivity index (χ0n) is 15.6. The first-order valence-corrected chi connectivity index (χ1v) is 10.0. The molecule has 1 aliphatic carbocycles. The number of hydrogen-bond acceptors (Lipinski definition) is 3. The van der Waals surface area contributed by atoms with Crippen LogP contribution in [0, 0.1) is 5.92 Å². The highest BCUT2D eigenvalue weighted by Crippen LogP contribution is 2.31. The normalized spacial score (nSPS) is 21.3. The lowest BCUT2D eigenvalue weighted by molar-refractivity contribution is -0.136. The summed E-state index contributed by atoms with van der Waals surface area (Å²) in [5, 5.41) is 0. The van der Waals surface area contributed by atoms with Crippen molar-refractivity contribution in [3.05, 3.63) is 42.1 Å². The number of imidazole rings is 1. The van der Waals surface area contributed by atoms with Crippen LogP contribution in [0.1, 0.15) is 62.9 Å². The number of piperidine rings is 1. The highest BCUT2D eigenvalue weighted by molar-refractivity contribution is 5.79. The van der Waals surface area contributed by atoms with E-state index in [4.69, 9.17) is 4.98 Å². The highest BCUT2D eigenvalue weighted by atomic mass is 16.2. The molecule has 1 atom stereocenters. The first kappa shape index (κ1) is 17.3. The van der Waals surface area contributed by atoms with Gasteiger partial charge in [-0.3, -0.25) is 9.36 Å². The summed E-state index contributed by atoms with van der Waals surface area (Å²) in [6.07, 6.45) is 11.4. The Morgan fingerprint density at radius 3 is 2.85 bits per heavy atom. The third kappa shape index (κ3) is 3.39. The third-order valence-corrected chi connectivity index (χ3v) is 5.89. The molecule has 4 rings (SSSR count). The molecular weight excluding hydrogens is 324 g/mol. The van der Waals surface area contributed by atoms with E-state index in [1.54, 1.807) is 0 Å². The largest absolute Gasteiger partial charge is 0.342 e. The number of aromatic nitrogens is 3. The van der Waals surface area contributed by atoms with Crippen LogP contribution in [0.4, 0.5) is 0 Å². The lowest BCUT2D eigenvalue weighted by Crippen LogP contribution is -2.42. The molecule has 0 bridgehead atoms. The summed E-state index contributed by atoms with van der Waals surface area (Å²) in [6.45, 7) is 3.83. The molecule has 26 heavy (non-hydrogen) atoms. The number of aryl methyl sites for hydroxylation is 1. The van der Waals surface area contributed by atoms with Gasteiger partial charge in [0.15, 0.2) is 0 Å². The summed E-state index contributed by atoms with van der Waals surface area (Å²) in [5.41, 5.74) is 1.10. The van der Waals surface area contributed by atoms with Gasteiger partial charge in [0.1, 0.15) is 11.6 Å². The van der Waals surface area contributed by atoms with Gasteiger partial charge in [-0.1, -0.05) is 25.8 Å². The van der Waals surface area contributed by atoms with Crippen LogP contribution in [0.5, 0.6) is 0 Å². The van der Waals surface area contributed by atoms with Crippen LogP contribution in [-0.2, 0) is 11.2 Å². The summed E-state index contributed by atoms with van der Waals surface area (Å²) in [5.74, 6) is 2.94. The summed E-state index contributed by atoms with van der Waals surface area (Å²) in [6, 6.07) is 6.23. The maximum atomic E-state index is 12.8. The number of carbonyl (C=O) groups is 1. The molecule has 0 unspecified atom stereocenters. The average Bonchev–Trinajstić information content (AvgIpc) is 3.39. The lowest BCUT2D eigenvalue weighted by Gasteiger charge is -2.34. The Morgan fingerprint density at radius 1 is 1.19 bits per heavy atom. The number of hydrogen-bond donors (Lipinski definition) is 0. The second kappa shape index (κ2) is 7.60. The number of amides is 1. The molecule has 1 amide bonds. The molecule has 0 aromatic carbocycles. The van der Waals surface area contributed by atoms with Crippen molar-refractivity contribution in [2.75, 3.05) is 13.1 Å². The Morgan fingerprint density at radius 2 is 2.04 bits per heavy atom. The fraction of sp³-hybridized carbons (Fsp3) is 0.571. The van der Waals surface area contributed by atoms with E-state index in [-0.39, 0.29) is 5.92 Å². The fourth-order valence-electron chi connectivity index (χ4n) is 4.46. The molecular formula is C21H28N4O. The van der Waals surface area contributed by atoms with Crippen LogP contribution in [0.3, 0.4) is 0 Å². The average molecular weight is 352 g/mol. The van der Waals surface area contributed by atoms with Crippen LogP contribution in [-0.4, -0.2) is 38.4 Å². The molecule has 2 aromatic heterocycles. The maximum Gasteiger partial charge on any atom is 0.225 e. The van der Waals surface area contributed by atoms with E-state index in [9.17, 15) is 4.79 Å². The van der Waals surface area contributed by atoms with Gasteiger partial charge in [-0.15, -0.1) is 0 Å². The van der Waals surface area contributed by atoms with Gasteiger partial charge in [0.05, 0.1) is 0 Å².